The highest BCUT2D eigenvalue weighted by molar-refractivity contribution is 5.77. The Kier molecular flexibility index (Phi) is 11.4. The van der Waals surface area contributed by atoms with Gasteiger partial charge in [0.05, 0.1) is 25.7 Å². The highest BCUT2D eigenvalue weighted by Crippen LogP contribution is 2.32. The molecule has 1 aromatic heterocycles. The zero-order valence-electron chi connectivity index (χ0n) is 20.2. The number of ether oxygens (including phenoxy) is 1. The summed E-state index contributed by atoms with van der Waals surface area (Å²) in [6.07, 6.45) is -3.82. The molecule has 2 atom stereocenters. The van der Waals surface area contributed by atoms with E-state index in [1.54, 1.807) is 6.26 Å². The molecule has 16 heteroatoms. The molecule has 38 heavy (non-hydrogen) atoms. The minimum absolute atomic E-state index is 0.342. The Morgan fingerprint density at radius 3 is 2.00 bits per heavy atom. The molecular weight excluding hydrogens is 532 g/mol. The van der Waals surface area contributed by atoms with E-state index in [-0.39, 0.29) is 0 Å². The van der Waals surface area contributed by atoms with Gasteiger partial charge in [0.2, 0.25) is 5.91 Å². The molecule has 1 aromatic rings. The topological polar surface area (TPSA) is 124 Å². The van der Waals surface area contributed by atoms with Gasteiger partial charge in [-0.3, -0.25) is 14.6 Å². The van der Waals surface area contributed by atoms with E-state index in [9.17, 15) is 31.1 Å². The molecule has 2 N–H and O–H groups in total. The van der Waals surface area contributed by atoms with Crippen molar-refractivity contribution in [3.63, 3.8) is 0 Å². The standard InChI is InChI=1S/C18H27N3O3.2C2HF3O2/c22-18-2-1-16-17(3-5-20(16)13-15-4-10-24-14-15)21(18)7-6-19-8-11-23-12-9-19;2*3-2(4,5)1(6)7/h4,10,14,16-17H,1-3,5-9,11-13H2;2*(H,6,7)/t16-,17-;;/m0../s1. The number of fused-ring (bicyclic) bond motifs is 1. The van der Waals surface area contributed by atoms with Crippen LogP contribution in [0.4, 0.5) is 26.3 Å². The lowest BCUT2D eigenvalue weighted by atomic mass is 9.96. The number of amides is 1. The van der Waals surface area contributed by atoms with Crippen molar-refractivity contribution < 1.29 is 60.1 Å². The Balaban J connectivity index is 0.000000301. The molecule has 0 spiro atoms. The van der Waals surface area contributed by atoms with Crippen molar-refractivity contribution in [2.75, 3.05) is 45.9 Å². The predicted octanol–water partition coefficient (Wildman–Crippen LogP) is 2.44. The number of carbonyl (C=O) groups excluding carboxylic acids is 1. The van der Waals surface area contributed by atoms with Crippen LogP contribution < -0.4 is 0 Å². The zero-order valence-corrected chi connectivity index (χ0v) is 20.2. The fourth-order valence-electron chi connectivity index (χ4n) is 4.42. The second-order valence-electron chi connectivity index (χ2n) is 8.71. The van der Waals surface area contributed by atoms with Crippen LogP contribution in [-0.2, 0) is 25.7 Å². The number of furan rings is 1. The first-order chi connectivity index (χ1) is 17.7. The molecule has 0 unspecified atom stereocenters. The number of morpholine rings is 1. The lowest BCUT2D eigenvalue weighted by molar-refractivity contribution is -0.193. The van der Waals surface area contributed by atoms with E-state index in [1.165, 1.54) is 5.56 Å². The van der Waals surface area contributed by atoms with Crippen LogP contribution in [0.25, 0.3) is 0 Å². The molecule has 4 rings (SSSR count). The maximum atomic E-state index is 12.5. The summed E-state index contributed by atoms with van der Waals surface area (Å²) in [6.45, 7) is 7.45. The monoisotopic (exact) mass is 561 g/mol. The first kappa shape index (κ1) is 31.4. The third kappa shape index (κ3) is 9.79. The molecule has 0 radical (unpaired) electrons. The van der Waals surface area contributed by atoms with Crippen molar-refractivity contribution in [1.82, 2.24) is 14.7 Å². The van der Waals surface area contributed by atoms with Gasteiger partial charge in [0.1, 0.15) is 0 Å². The normalized spacial score (nSPS) is 22.6. The fraction of sp³-hybridized carbons (Fsp3) is 0.682. The smallest absolute Gasteiger partial charge is 0.475 e. The summed E-state index contributed by atoms with van der Waals surface area (Å²) in [4.78, 5) is 37.4. The predicted molar refractivity (Wildman–Crippen MR) is 117 cm³/mol. The second kappa shape index (κ2) is 13.8. The Bertz CT molecular complexity index is 880. The maximum Gasteiger partial charge on any atom is 0.490 e. The van der Waals surface area contributed by atoms with E-state index in [4.69, 9.17) is 29.0 Å². The van der Waals surface area contributed by atoms with Crippen LogP contribution in [0.2, 0.25) is 0 Å². The van der Waals surface area contributed by atoms with Crippen LogP contribution in [-0.4, -0.2) is 113 Å². The fourth-order valence-corrected chi connectivity index (χ4v) is 4.42. The van der Waals surface area contributed by atoms with E-state index in [0.717, 1.165) is 65.3 Å². The molecule has 3 saturated heterocycles. The van der Waals surface area contributed by atoms with E-state index in [0.29, 0.717) is 24.4 Å². The van der Waals surface area contributed by atoms with Gasteiger partial charge < -0.3 is 24.3 Å². The number of aliphatic carboxylic acids is 2. The van der Waals surface area contributed by atoms with Gasteiger partial charge in [-0.25, -0.2) is 9.59 Å². The summed E-state index contributed by atoms with van der Waals surface area (Å²) in [5.41, 5.74) is 1.23. The quantitative estimate of drug-likeness (QED) is 0.522. The van der Waals surface area contributed by atoms with Crippen LogP contribution in [0, 0.1) is 0 Å². The van der Waals surface area contributed by atoms with Gasteiger partial charge in [-0.05, 0) is 18.9 Å². The lowest BCUT2D eigenvalue weighted by Crippen LogP contribution is -2.54. The van der Waals surface area contributed by atoms with Crippen LogP contribution >= 0.6 is 0 Å². The molecule has 1 amide bonds. The number of piperidine rings is 1. The third-order valence-corrected chi connectivity index (χ3v) is 6.21. The molecule has 216 valence electrons. The van der Waals surface area contributed by atoms with Crippen LogP contribution in [0.5, 0.6) is 0 Å². The first-order valence-corrected chi connectivity index (χ1v) is 11.6. The molecule has 0 bridgehead atoms. The molecule has 3 aliphatic rings. The molecule has 0 aliphatic carbocycles. The summed E-state index contributed by atoms with van der Waals surface area (Å²) in [5.74, 6) is -5.17. The maximum absolute atomic E-state index is 12.5. The Labute approximate surface area is 213 Å². The van der Waals surface area contributed by atoms with Gasteiger partial charge in [-0.15, -0.1) is 0 Å². The van der Waals surface area contributed by atoms with E-state index >= 15 is 0 Å². The highest BCUT2D eigenvalue weighted by Gasteiger charge is 2.43. The number of carboxylic acid groups (broad SMARTS) is 2. The molecule has 4 heterocycles. The van der Waals surface area contributed by atoms with Crippen LogP contribution in [0.15, 0.2) is 23.0 Å². The molecular formula is C22H29F6N3O7. The number of alkyl halides is 6. The van der Waals surface area contributed by atoms with Crippen molar-refractivity contribution in [2.45, 2.75) is 50.2 Å². The molecule has 0 saturated carbocycles. The van der Waals surface area contributed by atoms with Crippen LogP contribution in [0.3, 0.4) is 0 Å². The molecule has 10 nitrogen and oxygen atoms in total. The Morgan fingerprint density at radius 1 is 0.921 bits per heavy atom. The van der Waals surface area contributed by atoms with Gasteiger partial charge in [-0.1, -0.05) is 0 Å². The summed E-state index contributed by atoms with van der Waals surface area (Å²) in [7, 11) is 0. The minimum Gasteiger partial charge on any atom is -0.475 e. The summed E-state index contributed by atoms with van der Waals surface area (Å²) in [5, 5.41) is 14.2. The lowest BCUT2D eigenvalue weighted by Gasteiger charge is -2.41. The average Bonchev–Trinajstić information content (AvgIpc) is 3.49. The van der Waals surface area contributed by atoms with E-state index in [1.807, 2.05) is 12.3 Å². The number of hydrogen-bond donors (Lipinski definition) is 2. The number of likely N-dealkylation sites (tertiary alicyclic amines) is 2. The number of hydrogen-bond acceptors (Lipinski definition) is 7. The number of nitrogens with zero attached hydrogens (tertiary/aromatic N) is 3. The summed E-state index contributed by atoms with van der Waals surface area (Å²) in [6, 6.07) is 2.93. The summed E-state index contributed by atoms with van der Waals surface area (Å²) < 4.78 is 74.1. The van der Waals surface area contributed by atoms with Crippen molar-refractivity contribution in [3.8, 4) is 0 Å². The van der Waals surface area contributed by atoms with Gasteiger partial charge in [0, 0.05) is 63.3 Å². The zero-order chi connectivity index (χ0) is 28.5. The first-order valence-electron chi connectivity index (χ1n) is 11.6. The van der Waals surface area contributed by atoms with Gasteiger partial charge >= 0.3 is 24.3 Å². The molecule has 0 aromatic carbocycles. The second-order valence-corrected chi connectivity index (χ2v) is 8.71. The van der Waals surface area contributed by atoms with Crippen molar-refractivity contribution in [2.24, 2.45) is 0 Å². The number of rotatable bonds is 5. The van der Waals surface area contributed by atoms with Gasteiger partial charge in [-0.2, -0.15) is 26.3 Å². The minimum atomic E-state index is -5.08. The van der Waals surface area contributed by atoms with Crippen molar-refractivity contribution >= 4 is 17.8 Å². The number of carbonyl (C=O) groups is 3. The number of carboxylic acids is 2. The SMILES string of the molecule is O=C(O)C(F)(F)F.O=C(O)C(F)(F)F.O=C1CC[C@H]2[C@H](CCN2Cc2ccoc2)N1CCN1CCOCC1. The van der Waals surface area contributed by atoms with Gasteiger partial charge in [0.15, 0.2) is 0 Å². The number of halogens is 6. The largest absolute Gasteiger partial charge is 0.490 e. The highest BCUT2D eigenvalue weighted by atomic mass is 19.4. The van der Waals surface area contributed by atoms with Crippen LogP contribution in [0.1, 0.15) is 24.8 Å². The average molecular weight is 561 g/mol. The van der Waals surface area contributed by atoms with Crippen molar-refractivity contribution in [1.29, 1.82) is 0 Å². The molecule has 3 aliphatic heterocycles. The Hall–Kier alpha value is -2.85. The van der Waals surface area contributed by atoms with E-state index in [2.05, 4.69) is 14.7 Å². The molecule has 3 fully saturated rings. The van der Waals surface area contributed by atoms with Crippen molar-refractivity contribution in [3.05, 3.63) is 24.2 Å². The third-order valence-electron chi connectivity index (χ3n) is 6.21. The Morgan fingerprint density at radius 2 is 1.50 bits per heavy atom. The van der Waals surface area contributed by atoms with E-state index < -0.39 is 24.3 Å². The summed E-state index contributed by atoms with van der Waals surface area (Å²) >= 11 is 0. The van der Waals surface area contributed by atoms with Gasteiger partial charge in [0.25, 0.3) is 0 Å².